The summed E-state index contributed by atoms with van der Waals surface area (Å²) in [5.74, 6) is 1.23. The van der Waals surface area contributed by atoms with Crippen LogP contribution < -0.4 is 5.32 Å². The van der Waals surface area contributed by atoms with E-state index in [0.717, 1.165) is 12.8 Å². The Balaban J connectivity index is 2.56. The summed E-state index contributed by atoms with van der Waals surface area (Å²) in [6.45, 7) is 6.42. The molecule has 1 atom stereocenters. The van der Waals surface area contributed by atoms with Crippen molar-refractivity contribution in [3.05, 3.63) is 28.4 Å². The fourth-order valence-electron chi connectivity index (χ4n) is 1.52. The van der Waals surface area contributed by atoms with E-state index in [-0.39, 0.29) is 11.7 Å². The molecule has 0 spiro atoms. The van der Waals surface area contributed by atoms with Crippen LogP contribution in [-0.4, -0.2) is 15.9 Å². The molecule has 1 unspecified atom stereocenters. The minimum atomic E-state index is -0.411. The van der Waals surface area contributed by atoms with Crippen LogP contribution in [0.15, 0.2) is 18.3 Å². The number of anilines is 1. The molecule has 1 N–H and O–H groups in total. The van der Waals surface area contributed by atoms with Crippen molar-refractivity contribution in [3.63, 3.8) is 0 Å². The molecule has 17 heavy (non-hydrogen) atoms. The van der Waals surface area contributed by atoms with Gasteiger partial charge in [-0.25, -0.2) is 4.98 Å². The van der Waals surface area contributed by atoms with Gasteiger partial charge in [-0.1, -0.05) is 13.8 Å². The first-order valence-electron chi connectivity index (χ1n) is 5.86. The summed E-state index contributed by atoms with van der Waals surface area (Å²) in [6, 6.07) is 3.13. The highest BCUT2D eigenvalue weighted by atomic mass is 16.6. The van der Waals surface area contributed by atoms with Crippen LogP contribution in [0.2, 0.25) is 0 Å². The van der Waals surface area contributed by atoms with Crippen molar-refractivity contribution >= 4 is 11.5 Å². The van der Waals surface area contributed by atoms with Crippen molar-refractivity contribution in [3.8, 4) is 0 Å². The summed E-state index contributed by atoms with van der Waals surface area (Å²) in [5, 5.41) is 13.8. The smallest absolute Gasteiger partial charge is 0.274 e. The Morgan fingerprint density at radius 2 is 2.12 bits per heavy atom. The quantitative estimate of drug-likeness (QED) is 0.609. The van der Waals surface area contributed by atoms with Crippen LogP contribution in [0.1, 0.15) is 33.6 Å². The normalized spacial score (nSPS) is 12.5. The highest BCUT2D eigenvalue weighted by Crippen LogP contribution is 2.16. The van der Waals surface area contributed by atoms with Crippen molar-refractivity contribution in [2.45, 2.75) is 39.7 Å². The van der Waals surface area contributed by atoms with Gasteiger partial charge in [-0.05, 0) is 25.7 Å². The highest BCUT2D eigenvalue weighted by Gasteiger charge is 2.09. The van der Waals surface area contributed by atoms with E-state index in [1.807, 2.05) is 0 Å². The molecule has 1 aromatic heterocycles. The van der Waals surface area contributed by atoms with Gasteiger partial charge in [0.15, 0.2) is 0 Å². The van der Waals surface area contributed by atoms with Crippen LogP contribution in [-0.2, 0) is 0 Å². The minimum Gasteiger partial charge on any atom is -0.367 e. The maximum atomic E-state index is 10.6. The molecule has 0 radical (unpaired) electrons. The summed E-state index contributed by atoms with van der Waals surface area (Å²) < 4.78 is 0. The van der Waals surface area contributed by atoms with E-state index in [2.05, 4.69) is 31.1 Å². The first-order chi connectivity index (χ1) is 7.99. The largest absolute Gasteiger partial charge is 0.367 e. The number of pyridine rings is 1. The minimum absolute atomic E-state index is 0.0681. The van der Waals surface area contributed by atoms with Crippen LogP contribution in [0.5, 0.6) is 0 Å². The zero-order valence-electron chi connectivity index (χ0n) is 10.5. The first kappa shape index (κ1) is 13.4. The fourth-order valence-corrected chi connectivity index (χ4v) is 1.52. The zero-order chi connectivity index (χ0) is 12.8. The molecule has 0 bridgehead atoms. The lowest BCUT2D eigenvalue weighted by Gasteiger charge is -2.15. The maximum Gasteiger partial charge on any atom is 0.274 e. The molecule has 0 aromatic carbocycles. The molecule has 0 saturated carbocycles. The van der Waals surface area contributed by atoms with Crippen LogP contribution >= 0.6 is 0 Å². The molecule has 1 aromatic rings. The number of hydrogen-bond donors (Lipinski definition) is 1. The summed E-state index contributed by atoms with van der Waals surface area (Å²) in [5.41, 5.74) is 0.0681. The fraction of sp³-hybridized carbons (Fsp3) is 0.583. The number of hydrogen-bond acceptors (Lipinski definition) is 4. The van der Waals surface area contributed by atoms with Gasteiger partial charge < -0.3 is 5.32 Å². The molecule has 5 heteroatoms. The number of aromatic nitrogens is 1. The second-order valence-corrected chi connectivity index (χ2v) is 4.67. The van der Waals surface area contributed by atoms with E-state index in [1.54, 1.807) is 0 Å². The van der Waals surface area contributed by atoms with Gasteiger partial charge in [-0.2, -0.15) is 0 Å². The first-order valence-corrected chi connectivity index (χ1v) is 5.86. The Morgan fingerprint density at radius 3 is 2.71 bits per heavy atom. The summed E-state index contributed by atoms with van der Waals surface area (Å²) in [6.07, 6.45) is 3.61. The molecule has 5 nitrogen and oxygen atoms in total. The van der Waals surface area contributed by atoms with Crippen LogP contribution in [0.3, 0.4) is 0 Å². The molecule has 0 aliphatic carbocycles. The number of nitro groups is 1. The average molecular weight is 237 g/mol. The monoisotopic (exact) mass is 237 g/mol. The van der Waals surface area contributed by atoms with Crippen molar-refractivity contribution < 1.29 is 4.92 Å². The molecule has 0 amide bonds. The van der Waals surface area contributed by atoms with Crippen molar-refractivity contribution in [1.82, 2.24) is 4.98 Å². The maximum absolute atomic E-state index is 10.6. The lowest BCUT2D eigenvalue weighted by atomic mass is 10.0. The van der Waals surface area contributed by atoms with E-state index in [0.29, 0.717) is 11.7 Å². The zero-order valence-corrected chi connectivity index (χ0v) is 10.5. The molecular weight excluding hydrogens is 218 g/mol. The lowest BCUT2D eigenvalue weighted by Crippen LogP contribution is -2.16. The predicted octanol–water partition coefficient (Wildman–Crippen LogP) is 3.23. The molecule has 0 aliphatic rings. The van der Waals surface area contributed by atoms with E-state index in [9.17, 15) is 10.1 Å². The molecule has 1 heterocycles. The molecule has 94 valence electrons. The van der Waals surface area contributed by atoms with Crippen molar-refractivity contribution in [2.75, 3.05) is 5.32 Å². The van der Waals surface area contributed by atoms with Gasteiger partial charge in [0.25, 0.3) is 5.69 Å². The summed E-state index contributed by atoms with van der Waals surface area (Å²) in [4.78, 5) is 14.3. The summed E-state index contributed by atoms with van der Waals surface area (Å²) >= 11 is 0. The van der Waals surface area contributed by atoms with Crippen LogP contribution in [0.4, 0.5) is 11.5 Å². The third-order valence-corrected chi connectivity index (χ3v) is 2.53. The van der Waals surface area contributed by atoms with Gasteiger partial charge in [-0.15, -0.1) is 0 Å². The number of nitrogens with one attached hydrogen (secondary N) is 1. The third-order valence-electron chi connectivity index (χ3n) is 2.53. The molecule has 1 rings (SSSR count). The Kier molecular flexibility index (Phi) is 4.87. The van der Waals surface area contributed by atoms with Gasteiger partial charge >= 0.3 is 0 Å². The van der Waals surface area contributed by atoms with Gasteiger partial charge in [0, 0.05) is 18.3 Å². The SMILES string of the molecule is CC(C)CCC(C)Nc1cc([N+](=O)[O-])ccn1. The number of rotatable bonds is 6. The lowest BCUT2D eigenvalue weighted by molar-refractivity contribution is -0.384. The van der Waals surface area contributed by atoms with Crippen LogP contribution in [0.25, 0.3) is 0 Å². The topological polar surface area (TPSA) is 68.1 Å². The predicted molar refractivity (Wildman–Crippen MR) is 68.0 cm³/mol. The Hall–Kier alpha value is -1.65. The molecule has 0 aliphatic heterocycles. The van der Waals surface area contributed by atoms with Crippen LogP contribution in [0, 0.1) is 16.0 Å². The average Bonchev–Trinajstić information content (AvgIpc) is 2.26. The van der Waals surface area contributed by atoms with E-state index >= 15 is 0 Å². The van der Waals surface area contributed by atoms with E-state index < -0.39 is 4.92 Å². The molecular formula is C12H19N3O2. The van der Waals surface area contributed by atoms with Crippen molar-refractivity contribution in [1.29, 1.82) is 0 Å². The Morgan fingerprint density at radius 1 is 1.41 bits per heavy atom. The second kappa shape index (κ2) is 6.18. The van der Waals surface area contributed by atoms with E-state index in [1.165, 1.54) is 18.3 Å². The van der Waals surface area contributed by atoms with Crippen molar-refractivity contribution in [2.24, 2.45) is 5.92 Å². The third kappa shape index (κ3) is 4.80. The highest BCUT2D eigenvalue weighted by molar-refractivity contribution is 5.44. The molecule has 0 fully saturated rings. The van der Waals surface area contributed by atoms with Gasteiger partial charge in [0.05, 0.1) is 11.0 Å². The standard InChI is InChI=1S/C12H19N3O2/c1-9(2)4-5-10(3)14-12-8-11(15(16)17)6-7-13-12/h6-10H,4-5H2,1-3H3,(H,13,14). The second-order valence-electron chi connectivity index (χ2n) is 4.67. The van der Waals surface area contributed by atoms with Gasteiger partial charge in [0.2, 0.25) is 0 Å². The van der Waals surface area contributed by atoms with Gasteiger partial charge in [-0.3, -0.25) is 10.1 Å². The van der Waals surface area contributed by atoms with Gasteiger partial charge in [0.1, 0.15) is 5.82 Å². The Bertz CT molecular complexity index is 380. The van der Waals surface area contributed by atoms with E-state index in [4.69, 9.17) is 0 Å². The Labute approximate surface area is 101 Å². The summed E-state index contributed by atoms with van der Waals surface area (Å²) in [7, 11) is 0. The molecule has 0 saturated heterocycles. The number of nitrogens with zero attached hydrogens (tertiary/aromatic N) is 2.